The lowest BCUT2D eigenvalue weighted by Gasteiger charge is -2.14. The van der Waals surface area contributed by atoms with Gasteiger partial charge in [0.2, 0.25) is 0 Å². The number of hydrogen-bond acceptors (Lipinski definition) is 1. The maximum absolute atomic E-state index is 2.26. The van der Waals surface area contributed by atoms with E-state index in [0.29, 0.717) is 5.92 Å². The van der Waals surface area contributed by atoms with Crippen LogP contribution in [0.25, 0.3) is 10.4 Å². The van der Waals surface area contributed by atoms with Gasteiger partial charge in [-0.2, -0.15) is 0 Å². The molecule has 0 aliphatic heterocycles. The van der Waals surface area contributed by atoms with Gasteiger partial charge in [0.1, 0.15) is 0 Å². The molecule has 0 nitrogen and oxygen atoms in total. The SMILES string of the molecule is Cc1cccc(-c2cccs2)c1C(C)C. The van der Waals surface area contributed by atoms with E-state index >= 15 is 0 Å². The first-order valence-electron chi connectivity index (χ1n) is 5.33. The highest BCUT2D eigenvalue weighted by Gasteiger charge is 2.11. The molecule has 0 unspecified atom stereocenters. The largest absolute Gasteiger partial charge is 0.144 e. The van der Waals surface area contributed by atoms with Crippen LogP contribution in [-0.4, -0.2) is 0 Å². The third kappa shape index (κ3) is 1.98. The first-order chi connectivity index (χ1) is 7.20. The predicted octanol–water partition coefficient (Wildman–Crippen LogP) is 4.85. The van der Waals surface area contributed by atoms with Gasteiger partial charge in [-0.25, -0.2) is 0 Å². The molecule has 1 heterocycles. The van der Waals surface area contributed by atoms with Gasteiger partial charge < -0.3 is 0 Å². The summed E-state index contributed by atoms with van der Waals surface area (Å²) in [7, 11) is 0. The highest BCUT2D eigenvalue weighted by atomic mass is 32.1. The van der Waals surface area contributed by atoms with E-state index in [4.69, 9.17) is 0 Å². The molecule has 0 aliphatic carbocycles. The molecular weight excluding hydrogens is 200 g/mol. The lowest BCUT2D eigenvalue weighted by molar-refractivity contribution is 0.859. The molecule has 78 valence electrons. The van der Waals surface area contributed by atoms with Gasteiger partial charge in [-0.05, 0) is 41.0 Å². The molecule has 0 aliphatic rings. The summed E-state index contributed by atoms with van der Waals surface area (Å²) in [5, 5.41) is 2.14. The highest BCUT2D eigenvalue weighted by Crippen LogP contribution is 2.33. The van der Waals surface area contributed by atoms with Gasteiger partial charge in [0, 0.05) is 4.88 Å². The van der Waals surface area contributed by atoms with Crippen molar-refractivity contribution in [1.29, 1.82) is 0 Å². The fraction of sp³-hybridized carbons (Fsp3) is 0.286. The molecule has 0 spiro atoms. The van der Waals surface area contributed by atoms with Gasteiger partial charge in [-0.1, -0.05) is 38.1 Å². The average Bonchev–Trinajstić information content (AvgIpc) is 2.69. The maximum atomic E-state index is 2.26. The molecule has 0 amide bonds. The smallest absolute Gasteiger partial charge is 0.0345 e. The van der Waals surface area contributed by atoms with Crippen molar-refractivity contribution in [3.8, 4) is 10.4 Å². The lowest BCUT2D eigenvalue weighted by atomic mass is 9.92. The molecule has 0 N–H and O–H groups in total. The van der Waals surface area contributed by atoms with E-state index in [2.05, 4.69) is 56.5 Å². The molecule has 15 heavy (non-hydrogen) atoms. The summed E-state index contributed by atoms with van der Waals surface area (Å²) in [5.41, 5.74) is 4.29. The van der Waals surface area contributed by atoms with Gasteiger partial charge in [-0.15, -0.1) is 11.3 Å². The minimum Gasteiger partial charge on any atom is -0.144 e. The van der Waals surface area contributed by atoms with Crippen LogP contribution in [0.15, 0.2) is 35.7 Å². The second kappa shape index (κ2) is 4.19. The summed E-state index contributed by atoms with van der Waals surface area (Å²) in [6, 6.07) is 10.9. The maximum Gasteiger partial charge on any atom is 0.0345 e. The Balaban J connectivity index is 2.61. The molecule has 1 heteroatoms. The molecule has 0 saturated carbocycles. The summed E-state index contributed by atoms with van der Waals surface area (Å²) >= 11 is 1.82. The van der Waals surface area contributed by atoms with Crippen molar-refractivity contribution in [2.45, 2.75) is 26.7 Å². The van der Waals surface area contributed by atoms with Crippen molar-refractivity contribution in [3.05, 3.63) is 46.8 Å². The van der Waals surface area contributed by atoms with E-state index in [-0.39, 0.29) is 0 Å². The molecule has 0 bridgehead atoms. The number of rotatable bonds is 2. The fourth-order valence-corrected chi connectivity index (χ4v) is 2.86. The van der Waals surface area contributed by atoms with E-state index in [1.54, 1.807) is 0 Å². The Bertz CT molecular complexity index is 438. The zero-order valence-electron chi connectivity index (χ0n) is 9.45. The van der Waals surface area contributed by atoms with Gasteiger partial charge in [-0.3, -0.25) is 0 Å². The molecule has 0 atom stereocenters. The summed E-state index contributed by atoms with van der Waals surface area (Å²) in [4.78, 5) is 1.38. The molecule has 1 aromatic heterocycles. The molecule has 2 aromatic rings. The summed E-state index contributed by atoms with van der Waals surface area (Å²) in [6.45, 7) is 6.73. The van der Waals surface area contributed by atoms with Gasteiger partial charge in [0.15, 0.2) is 0 Å². The predicted molar refractivity (Wildman–Crippen MR) is 68.6 cm³/mol. The quantitative estimate of drug-likeness (QED) is 0.673. The monoisotopic (exact) mass is 216 g/mol. The summed E-state index contributed by atoms with van der Waals surface area (Å²) in [6.07, 6.45) is 0. The minimum absolute atomic E-state index is 0.586. The number of hydrogen-bond donors (Lipinski definition) is 0. The molecule has 0 saturated heterocycles. The van der Waals surface area contributed by atoms with Crippen LogP contribution in [0.2, 0.25) is 0 Å². The van der Waals surface area contributed by atoms with E-state index in [1.165, 1.54) is 21.6 Å². The van der Waals surface area contributed by atoms with Crippen LogP contribution >= 0.6 is 11.3 Å². The number of benzene rings is 1. The lowest BCUT2D eigenvalue weighted by Crippen LogP contribution is -1.94. The number of thiophene rings is 1. The number of aryl methyl sites for hydroxylation is 1. The second-order valence-corrected chi connectivity index (χ2v) is 5.12. The van der Waals surface area contributed by atoms with Crippen LogP contribution in [0, 0.1) is 6.92 Å². The third-order valence-electron chi connectivity index (χ3n) is 2.69. The molecular formula is C14H16S. The molecule has 0 fully saturated rings. The van der Waals surface area contributed by atoms with Gasteiger partial charge >= 0.3 is 0 Å². The first kappa shape index (κ1) is 10.4. The van der Waals surface area contributed by atoms with Crippen LogP contribution in [0.1, 0.15) is 30.9 Å². The molecule has 0 radical (unpaired) electrons. The fourth-order valence-electron chi connectivity index (χ4n) is 2.09. The van der Waals surface area contributed by atoms with Crippen molar-refractivity contribution in [2.24, 2.45) is 0 Å². The van der Waals surface area contributed by atoms with E-state index in [0.717, 1.165) is 0 Å². The molecule has 2 rings (SSSR count). The Kier molecular flexibility index (Phi) is 2.92. The van der Waals surface area contributed by atoms with E-state index in [9.17, 15) is 0 Å². The van der Waals surface area contributed by atoms with Crippen molar-refractivity contribution >= 4 is 11.3 Å². The zero-order valence-corrected chi connectivity index (χ0v) is 10.3. The summed E-state index contributed by atoms with van der Waals surface area (Å²) < 4.78 is 0. The zero-order chi connectivity index (χ0) is 10.8. The Labute approximate surface area is 95.6 Å². The Hall–Kier alpha value is -1.08. The Morgan fingerprint density at radius 3 is 2.47 bits per heavy atom. The Morgan fingerprint density at radius 2 is 1.87 bits per heavy atom. The van der Waals surface area contributed by atoms with Gasteiger partial charge in [0.25, 0.3) is 0 Å². The minimum atomic E-state index is 0.586. The normalized spacial score (nSPS) is 10.9. The topological polar surface area (TPSA) is 0 Å². The van der Waals surface area contributed by atoms with Crippen LogP contribution in [0.4, 0.5) is 0 Å². The van der Waals surface area contributed by atoms with Gasteiger partial charge in [0.05, 0.1) is 0 Å². The van der Waals surface area contributed by atoms with Crippen molar-refractivity contribution in [1.82, 2.24) is 0 Å². The average molecular weight is 216 g/mol. The van der Waals surface area contributed by atoms with Crippen molar-refractivity contribution in [3.63, 3.8) is 0 Å². The summed E-state index contributed by atoms with van der Waals surface area (Å²) in [5.74, 6) is 0.586. The second-order valence-electron chi connectivity index (χ2n) is 4.17. The van der Waals surface area contributed by atoms with E-state index in [1.807, 2.05) is 11.3 Å². The third-order valence-corrected chi connectivity index (χ3v) is 3.59. The Morgan fingerprint density at radius 1 is 1.07 bits per heavy atom. The standard InChI is InChI=1S/C14H16S/c1-10(2)14-11(3)6-4-7-12(14)13-8-5-9-15-13/h4-10H,1-3H3. The van der Waals surface area contributed by atoms with Crippen molar-refractivity contribution in [2.75, 3.05) is 0 Å². The first-order valence-corrected chi connectivity index (χ1v) is 6.21. The highest BCUT2D eigenvalue weighted by molar-refractivity contribution is 7.13. The van der Waals surface area contributed by atoms with E-state index < -0.39 is 0 Å². The van der Waals surface area contributed by atoms with Crippen molar-refractivity contribution < 1.29 is 0 Å². The molecule has 1 aromatic carbocycles. The van der Waals surface area contributed by atoms with Crippen LogP contribution < -0.4 is 0 Å². The van der Waals surface area contributed by atoms with Crippen LogP contribution in [-0.2, 0) is 0 Å². The van der Waals surface area contributed by atoms with Crippen LogP contribution in [0.5, 0.6) is 0 Å². The van der Waals surface area contributed by atoms with Crippen LogP contribution in [0.3, 0.4) is 0 Å².